The van der Waals surface area contributed by atoms with Crippen LogP contribution in [0.4, 0.5) is 0 Å². The van der Waals surface area contributed by atoms with Gasteiger partial charge in [-0.15, -0.1) is 0 Å². The maximum atomic E-state index is 11.9. The van der Waals surface area contributed by atoms with Gasteiger partial charge in [-0.25, -0.2) is 0 Å². The smallest absolute Gasteiger partial charge is 0.287 e. The zero-order valence-electron chi connectivity index (χ0n) is 10.8. The van der Waals surface area contributed by atoms with Crippen molar-refractivity contribution < 1.29 is 14.3 Å². The summed E-state index contributed by atoms with van der Waals surface area (Å²) in [5.41, 5.74) is -0.0335. The lowest BCUT2D eigenvalue weighted by atomic mass is 9.79. The molecular weight excluding hydrogens is 298 g/mol. The molecule has 0 aliphatic heterocycles. The number of nitrogens with one attached hydrogen (secondary N) is 1. The quantitative estimate of drug-likeness (QED) is 0.812. The number of furan rings is 1. The summed E-state index contributed by atoms with van der Waals surface area (Å²) in [7, 11) is 0. The van der Waals surface area contributed by atoms with Crippen molar-refractivity contribution in [3.05, 3.63) is 22.6 Å². The Morgan fingerprint density at radius 2 is 2.11 bits per heavy atom. The van der Waals surface area contributed by atoms with Crippen LogP contribution in [0.5, 0.6) is 0 Å². The van der Waals surface area contributed by atoms with Crippen LogP contribution in [0.2, 0.25) is 0 Å². The third-order valence-corrected chi connectivity index (χ3v) is 3.99. The number of hydrogen-bond donors (Lipinski definition) is 2. The molecule has 5 heteroatoms. The van der Waals surface area contributed by atoms with Crippen molar-refractivity contribution in [3.63, 3.8) is 0 Å². The second kappa shape index (κ2) is 6.95. The fourth-order valence-corrected chi connectivity index (χ4v) is 2.28. The van der Waals surface area contributed by atoms with E-state index < -0.39 is 0 Å². The predicted octanol–water partition coefficient (Wildman–Crippen LogP) is 2.96. The van der Waals surface area contributed by atoms with Gasteiger partial charge in [-0.05, 0) is 52.7 Å². The van der Waals surface area contributed by atoms with Gasteiger partial charge in [0.1, 0.15) is 0 Å². The monoisotopic (exact) mass is 317 g/mol. The van der Waals surface area contributed by atoms with E-state index in [9.17, 15) is 4.79 Å². The third-order valence-electron chi connectivity index (χ3n) is 3.56. The number of carbonyl (C=O) groups excluding carboxylic acids is 1. The maximum Gasteiger partial charge on any atom is 0.287 e. The van der Waals surface area contributed by atoms with E-state index in [1.165, 1.54) is 0 Å². The molecule has 0 aliphatic rings. The summed E-state index contributed by atoms with van der Waals surface area (Å²) in [6.45, 7) is 4.85. The highest BCUT2D eigenvalue weighted by Gasteiger charge is 2.26. The summed E-state index contributed by atoms with van der Waals surface area (Å²) in [6, 6.07) is 3.32. The first-order chi connectivity index (χ1) is 8.56. The van der Waals surface area contributed by atoms with Gasteiger partial charge < -0.3 is 14.8 Å². The van der Waals surface area contributed by atoms with Crippen LogP contribution >= 0.6 is 15.9 Å². The van der Waals surface area contributed by atoms with Gasteiger partial charge in [0.25, 0.3) is 5.91 Å². The van der Waals surface area contributed by atoms with E-state index in [0.29, 0.717) is 23.4 Å². The van der Waals surface area contributed by atoms with Crippen LogP contribution in [0.3, 0.4) is 0 Å². The van der Waals surface area contributed by atoms with E-state index in [4.69, 9.17) is 9.52 Å². The standard InChI is InChI=1S/C13H20BrNO3/c1-3-13(4-2,7-8-16)9-15-12(17)10-5-6-11(14)18-10/h5-6,16H,3-4,7-9H2,1-2H3,(H,15,17). The Bertz CT molecular complexity index is 385. The zero-order chi connectivity index (χ0) is 13.6. The normalized spacial score (nSPS) is 11.6. The molecule has 1 amide bonds. The Labute approximate surface area is 116 Å². The van der Waals surface area contributed by atoms with E-state index in [1.54, 1.807) is 12.1 Å². The number of aliphatic hydroxyl groups excluding tert-OH is 1. The van der Waals surface area contributed by atoms with Crippen LogP contribution in [-0.2, 0) is 0 Å². The van der Waals surface area contributed by atoms with Crippen LogP contribution in [0.1, 0.15) is 43.7 Å². The lowest BCUT2D eigenvalue weighted by molar-refractivity contribution is 0.0879. The maximum absolute atomic E-state index is 11.9. The second-order valence-electron chi connectivity index (χ2n) is 4.47. The van der Waals surface area contributed by atoms with Gasteiger partial charge in [0.15, 0.2) is 10.4 Å². The van der Waals surface area contributed by atoms with Gasteiger partial charge in [0, 0.05) is 13.2 Å². The summed E-state index contributed by atoms with van der Waals surface area (Å²) >= 11 is 3.16. The fraction of sp³-hybridized carbons (Fsp3) is 0.615. The van der Waals surface area contributed by atoms with E-state index in [0.717, 1.165) is 12.8 Å². The first-order valence-corrected chi connectivity index (χ1v) is 7.00. The van der Waals surface area contributed by atoms with Crippen molar-refractivity contribution >= 4 is 21.8 Å². The van der Waals surface area contributed by atoms with Gasteiger partial charge in [0.05, 0.1) is 0 Å². The zero-order valence-corrected chi connectivity index (χ0v) is 12.4. The highest BCUT2D eigenvalue weighted by Crippen LogP contribution is 2.29. The SMILES string of the molecule is CCC(CC)(CCO)CNC(=O)c1ccc(Br)o1. The highest BCUT2D eigenvalue weighted by atomic mass is 79.9. The highest BCUT2D eigenvalue weighted by molar-refractivity contribution is 9.10. The molecule has 2 N–H and O–H groups in total. The average Bonchev–Trinajstić information content (AvgIpc) is 2.81. The van der Waals surface area contributed by atoms with E-state index >= 15 is 0 Å². The van der Waals surface area contributed by atoms with Crippen molar-refractivity contribution in [2.45, 2.75) is 33.1 Å². The number of halogens is 1. The molecule has 0 aliphatic carbocycles. The molecule has 0 saturated heterocycles. The lowest BCUT2D eigenvalue weighted by Gasteiger charge is -2.31. The van der Waals surface area contributed by atoms with Crippen LogP contribution in [0.15, 0.2) is 21.2 Å². The molecule has 0 radical (unpaired) electrons. The third kappa shape index (κ3) is 3.85. The summed E-state index contributed by atoms with van der Waals surface area (Å²) in [5.74, 6) is 0.0805. The van der Waals surface area contributed by atoms with Crippen molar-refractivity contribution in [1.82, 2.24) is 5.32 Å². The molecule has 0 atom stereocenters. The van der Waals surface area contributed by atoms with Gasteiger partial charge >= 0.3 is 0 Å². The minimum absolute atomic E-state index is 0.0335. The van der Waals surface area contributed by atoms with E-state index in [-0.39, 0.29) is 17.9 Å². The van der Waals surface area contributed by atoms with Crippen molar-refractivity contribution in [2.24, 2.45) is 5.41 Å². The predicted molar refractivity (Wildman–Crippen MR) is 73.5 cm³/mol. The number of carbonyl (C=O) groups is 1. The molecule has 1 aromatic rings. The summed E-state index contributed by atoms with van der Waals surface area (Å²) in [5, 5.41) is 12.0. The molecule has 0 bridgehead atoms. The average molecular weight is 318 g/mol. The Kier molecular flexibility index (Phi) is 5.88. The lowest BCUT2D eigenvalue weighted by Crippen LogP contribution is -2.37. The van der Waals surface area contributed by atoms with Crippen LogP contribution < -0.4 is 5.32 Å². The topological polar surface area (TPSA) is 62.5 Å². The van der Waals surface area contributed by atoms with Gasteiger partial charge in [0.2, 0.25) is 0 Å². The summed E-state index contributed by atoms with van der Waals surface area (Å²) < 4.78 is 5.73. The fourth-order valence-electron chi connectivity index (χ4n) is 1.97. The Hall–Kier alpha value is -0.810. The van der Waals surface area contributed by atoms with E-state index in [2.05, 4.69) is 35.1 Å². The molecule has 1 heterocycles. The summed E-state index contributed by atoms with van der Waals surface area (Å²) in [4.78, 5) is 11.9. The molecule has 1 aromatic heterocycles. The first kappa shape index (κ1) is 15.2. The molecule has 102 valence electrons. The Morgan fingerprint density at radius 3 is 2.56 bits per heavy atom. The van der Waals surface area contributed by atoms with Gasteiger partial charge in [-0.3, -0.25) is 4.79 Å². The van der Waals surface area contributed by atoms with Crippen LogP contribution in [-0.4, -0.2) is 24.2 Å². The summed E-state index contributed by atoms with van der Waals surface area (Å²) in [6.07, 6.45) is 2.54. The number of rotatable bonds is 7. The second-order valence-corrected chi connectivity index (χ2v) is 5.25. The first-order valence-electron chi connectivity index (χ1n) is 6.21. The largest absolute Gasteiger partial charge is 0.444 e. The minimum atomic E-state index is -0.218. The van der Waals surface area contributed by atoms with Crippen molar-refractivity contribution in [1.29, 1.82) is 0 Å². The number of amides is 1. The minimum Gasteiger partial charge on any atom is -0.444 e. The molecule has 0 fully saturated rings. The number of aliphatic hydroxyl groups is 1. The van der Waals surface area contributed by atoms with Crippen LogP contribution in [0, 0.1) is 5.41 Å². The van der Waals surface area contributed by atoms with E-state index in [1.807, 2.05) is 0 Å². The molecule has 0 unspecified atom stereocenters. The molecule has 0 spiro atoms. The molecule has 18 heavy (non-hydrogen) atoms. The molecule has 1 rings (SSSR count). The molecular formula is C13H20BrNO3. The van der Waals surface area contributed by atoms with Gasteiger partial charge in [-0.2, -0.15) is 0 Å². The van der Waals surface area contributed by atoms with Gasteiger partial charge in [-0.1, -0.05) is 13.8 Å². The van der Waals surface area contributed by atoms with Crippen LogP contribution in [0.25, 0.3) is 0 Å². The Balaban J connectivity index is 2.59. The van der Waals surface area contributed by atoms with Crippen molar-refractivity contribution in [3.8, 4) is 0 Å². The molecule has 0 aromatic carbocycles. The Morgan fingerprint density at radius 1 is 1.44 bits per heavy atom. The number of hydrogen-bond acceptors (Lipinski definition) is 3. The molecule has 0 saturated carbocycles. The molecule has 4 nitrogen and oxygen atoms in total. The van der Waals surface area contributed by atoms with Crippen molar-refractivity contribution in [2.75, 3.05) is 13.2 Å².